The van der Waals surface area contributed by atoms with Crippen LogP contribution in [0.15, 0.2) is 0 Å². The SMILES string of the molecule is CCCSCC(C)(C)CCCC(C)(C)CCC. The molecule has 0 aromatic rings. The zero-order valence-corrected chi connectivity index (χ0v) is 13.9. The van der Waals surface area contributed by atoms with Crippen molar-refractivity contribution < 1.29 is 0 Å². The molecule has 0 radical (unpaired) electrons. The van der Waals surface area contributed by atoms with Crippen LogP contribution in [0, 0.1) is 10.8 Å². The molecular formula is C16H34S. The molecule has 0 rings (SSSR count). The summed E-state index contributed by atoms with van der Waals surface area (Å²) in [6.07, 6.45) is 8.18. The minimum absolute atomic E-state index is 0.530. The summed E-state index contributed by atoms with van der Waals surface area (Å²) in [7, 11) is 0. The van der Waals surface area contributed by atoms with Crippen LogP contribution in [0.1, 0.15) is 80.1 Å². The fourth-order valence-electron chi connectivity index (χ4n) is 2.41. The van der Waals surface area contributed by atoms with Crippen molar-refractivity contribution in [2.45, 2.75) is 80.1 Å². The van der Waals surface area contributed by atoms with Gasteiger partial charge in [0.1, 0.15) is 0 Å². The molecule has 0 aromatic heterocycles. The molecule has 0 N–H and O–H groups in total. The molecule has 17 heavy (non-hydrogen) atoms. The van der Waals surface area contributed by atoms with Gasteiger partial charge in [-0.15, -0.1) is 0 Å². The van der Waals surface area contributed by atoms with Crippen LogP contribution in [0.2, 0.25) is 0 Å². The van der Waals surface area contributed by atoms with Crippen molar-refractivity contribution in [3.63, 3.8) is 0 Å². The third-order valence-electron chi connectivity index (χ3n) is 3.48. The van der Waals surface area contributed by atoms with E-state index in [0.717, 1.165) is 0 Å². The highest BCUT2D eigenvalue weighted by Crippen LogP contribution is 2.33. The van der Waals surface area contributed by atoms with Crippen molar-refractivity contribution in [3.05, 3.63) is 0 Å². The van der Waals surface area contributed by atoms with E-state index in [4.69, 9.17) is 0 Å². The van der Waals surface area contributed by atoms with E-state index in [2.05, 4.69) is 53.3 Å². The summed E-state index contributed by atoms with van der Waals surface area (Å²) in [4.78, 5) is 0. The third kappa shape index (κ3) is 10.00. The normalized spacial score (nSPS) is 13.1. The molecule has 0 aliphatic carbocycles. The Morgan fingerprint density at radius 2 is 1.35 bits per heavy atom. The summed E-state index contributed by atoms with van der Waals surface area (Å²) in [5.41, 5.74) is 1.09. The molecule has 0 saturated heterocycles. The van der Waals surface area contributed by atoms with Crippen LogP contribution < -0.4 is 0 Å². The Morgan fingerprint density at radius 1 is 0.765 bits per heavy atom. The zero-order chi connectivity index (χ0) is 13.4. The van der Waals surface area contributed by atoms with E-state index in [0.29, 0.717) is 10.8 Å². The first kappa shape index (κ1) is 17.4. The molecule has 0 saturated carbocycles. The molecule has 0 aliphatic heterocycles. The van der Waals surface area contributed by atoms with E-state index in [1.165, 1.54) is 50.0 Å². The van der Waals surface area contributed by atoms with Crippen molar-refractivity contribution in [2.75, 3.05) is 11.5 Å². The highest BCUT2D eigenvalue weighted by atomic mass is 32.2. The fourth-order valence-corrected chi connectivity index (χ4v) is 3.54. The second kappa shape index (κ2) is 8.45. The van der Waals surface area contributed by atoms with Crippen LogP contribution in [0.4, 0.5) is 0 Å². The predicted octanol–water partition coefficient (Wildman–Crippen LogP) is 6.15. The van der Waals surface area contributed by atoms with Gasteiger partial charge < -0.3 is 0 Å². The molecule has 0 bridgehead atoms. The second-order valence-corrected chi connectivity index (χ2v) is 8.09. The molecule has 0 atom stereocenters. The predicted molar refractivity (Wildman–Crippen MR) is 83.9 cm³/mol. The van der Waals surface area contributed by atoms with Crippen LogP contribution in [0.5, 0.6) is 0 Å². The van der Waals surface area contributed by atoms with Crippen LogP contribution in [-0.2, 0) is 0 Å². The standard InChI is InChI=1S/C16H34S/c1-7-10-15(3,4)11-9-12-16(5,6)14-17-13-8-2/h7-14H2,1-6H3. The van der Waals surface area contributed by atoms with Crippen molar-refractivity contribution >= 4 is 11.8 Å². The average molecular weight is 259 g/mol. The van der Waals surface area contributed by atoms with Gasteiger partial charge in [-0.1, -0.05) is 54.4 Å². The van der Waals surface area contributed by atoms with Crippen LogP contribution in [0.25, 0.3) is 0 Å². The van der Waals surface area contributed by atoms with E-state index in [9.17, 15) is 0 Å². The molecule has 0 spiro atoms. The lowest BCUT2D eigenvalue weighted by atomic mass is 9.80. The topological polar surface area (TPSA) is 0 Å². The van der Waals surface area contributed by atoms with Crippen molar-refractivity contribution in [3.8, 4) is 0 Å². The molecule has 0 unspecified atom stereocenters. The zero-order valence-electron chi connectivity index (χ0n) is 13.1. The maximum Gasteiger partial charge on any atom is -0.00161 e. The Labute approximate surface area is 114 Å². The van der Waals surface area contributed by atoms with Gasteiger partial charge in [0, 0.05) is 0 Å². The lowest BCUT2D eigenvalue weighted by Crippen LogP contribution is -2.17. The number of thioether (sulfide) groups is 1. The van der Waals surface area contributed by atoms with Crippen LogP contribution in [0.3, 0.4) is 0 Å². The minimum atomic E-state index is 0.530. The van der Waals surface area contributed by atoms with E-state index >= 15 is 0 Å². The Morgan fingerprint density at radius 3 is 1.88 bits per heavy atom. The minimum Gasteiger partial charge on any atom is -0.161 e. The number of hydrogen-bond acceptors (Lipinski definition) is 1. The van der Waals surface area contributed by atoms with Crippen molar-refractivity contribution in [2.24, 2.45) is 10.8 Å². The summed E-state index contributed by atoms with van der Waals surface area (Å²) in [6, 6.07) is 0. The van der Waals surface area contributed by atoms with Crippen molar-refractivity contribution in [1.29, 1.82) is 0 Å². The lowest BCUT2D eigenvalue weighted by Gasteiger charge is -2.28. The summed E-state index contributed by atoms with van der Waals surface area (Å²) in [5, 5.41) is 0. The molecular weight excluding hydrogens is 224 g/mol. The Kier molecular flexibility index (Phi) is 8.63. The van der Waals surface area contributed by atoms with Gasteiger partial charge in [0.15, 0.2) is 0 Å². The van der Waals surface area contributed by atoms with Gasteiger partial charge in [0.05, 0.1) is 0 Å². The Bertz CT molecular complexity index is 182. The molecule has 0 aromatic carbocycles. The smallest absolute Gasteiger partial charge is 0.00161 e. The fraction of sp³-hybridized carbons (Fsp3) is 1.00. The highest BCUT2D eigenvalue weighted by Gasteiger charge is 2.21. The first-order valence-electron chi connectivity index (χ1n) is 7.41. The van der Waals surface area contributed by atoms with Crippen molar-refractivity contribution in [1.82, 2.24) is 0 Å². The van der Waals surface area contributed by atoms with Crippen LogP contribution in [-0.4, -0.2) is 11.5 Å². The van der Waals surface area contributed by atoms with E-state index in [1.807, 2.05) is 0 Å². The van der Waals surface area contributed by atoms with Gasteiger partial charge in [-0.3, -0.25) is 0 Å². The first-order valence-corrected chi connectivity index (χ1v) is 8.56. The van der Waals surface area contributed by atoms with E-state index in [-0.39, 0.29) is 0 Å². The van der Waals surface area contributed by atoms with Gasteiger partial charge in [0.2, 0.25) is 0 Å². The summed E-state index contributed by atoms with van der Waals surface area (Å²) >= 11 is 2.13. The van der Waals surface area contributed by atoms with Gasteiger partial charge in [-0.2, -0.15) is 11.8 Å². The maximum atomic E-state index is 2.43. The van der Waals surface area contributed by atoms with Gasteiger partial charge in [-0.05, 0) is 48.0 Å². The summed E-state index contributed by atoms with van der Waals surface area (Å²) < 4.78 is 0. The summed E-state index contributed by atoms with van der Waals surface area (Å²) in [5.74, 6) is 2.65. The van der Waals surface area contributed by atoms with Crippen LogP contribution >= 0.6 is 11.8 Å². The maximum absolute atomic E-state index is 2.43. The molecule has 0 nitrogen and oxygen atoms in total. The first-order chi connectivity index (χ1) is 7.83. The summed E-state index contributed by atoms with van der Waals surface area (Å²) in [6.45, 7) is 14.3. The molecule has 1 heteroatoms. The van der Waals surface area contributed by atoms with Gasteiger partial charge >= 0.3 is 0 Å². The Balaban J connectivity index is 3.77. The molecule has 0 amide bonds. The third-order valence-corrected chi connectivity index (χ3v) is 5.16. The molecule has 104 valence electrons. The molecule has 0 heterocycles. The molecule has 0 fully saturated rings. The molecule has 0 aliphatic rings. The monoisotopic (exact) mass is 258 g/mol. The van der Waals surface area contributed by atoms with Gasteiger partial charge in [-0.25, -0.2) is 0 Å². The average Bonchev–Trinajstić information content (AvgIpc) is 2.16. The number of rotatable bonds is 10. The number of hydrogen-bond donors (Lipinski definition) is 0. The Hall–Kier alpha value is 0.350. The quantitative estimate of drug-likeness (QED) is 0.423. The van der Waals surface area contributed by atoms with Gasteiger partial charge in [0.25, 0.3) is 0 Å². The van der Waals surface area contributed by atoms with E-state index < -0.39 is 0 Å². The highest BCUT2D eigenvalue weighted by molar-refractivity contribution is 7.99. The second-order valence-electron chi connectivity index (χ2n) is 6.98. The lowest BCUT2D eigenvalue weighted by molar-refractivity contribution is 0.265. The van der Waals surface area contributed by atoms with E-state index in [1.54, 1.807) is 0 Å². The largest absolute Gasteiger partial charge is 0.161 e.